The molecular formula is C24H22BrClFN5O2. The standard InChI is InChI=1S/C24H22BrClFN5O2/c25-11-2-18-20(31-21-13-1-10-5-23(34)6-14(21)24(10,13)9-23)12(7-29-32(18)8-11)22(28)30-17-4-16(27)19(33)3-15(17)26/h2-4,7-8,10,13-14,21,31,33-34H,1,5-6,9H2,(H2,28,30). The van der Waals surface area contributed by atoms with Gasteiger partial charge in [-0.1, -0.05) is 11.6 Å². The molecule has 6 unspecified atom stereocenters. The minimum absolute atomic E-state index is 0.0903. The van der Waals surface area contributed by atoms with Gasteiger partial charge in [-0.3, -0.25) is 0 Å². The van der Waals surface area contributed by atoms with E-state index in [0.717, 1.165) is 53.5 Å². The highest BCUT2D eigenvalue weighted by Crippen LogP contribution is 2.82. The summed E-state index contributed by atoms with van der Waals surface area (Å²) in [5.74, 6) is 0.388. The van der Waals surface area contributed by atoms with Crippen LogP contribution in [0.3, 0.4) is 0 Å². The van der Waals surface area contributed by atoms with Gasteiger partial charge in [0.25, 0.3) is 0 Å². The first-order valence-electron chi connectivity index (χ1n) is 11.4. The van der Waals surface area contributed by atoms with Crippen LogP contribution in [0.1, 0.15) is 31.2 Å². The SMILES string of the molecule is N/C(=N\c1cc(F)c(O)cc1Cl)c1cnn2cc(Br)cc2c1NC1C2CC3CC4(O)CC1C32C4. The number of aliphatic imine (C=N–C) groups is 1. The van der Waals surface area contributed by atoms with E-state index in [9.17, 15) is 14.6 Å². The summed E-state index contributed by atoms with van der Waals surface area (Å²) in [5.41, 5.74) is 8.56. The first-order valence-corrected chi connectivity index (χ1v) is 12.5. The Morgan fingerprint density at radius 3 is 2.94 bits per heavy atom. The number of phenols is 1. The van der Waals surface area contributed by atoms with Crippen LogP contribution < -0.4 is 11.1 Å². The number of phenolic OH excluding ortho intramolecular Hbond substituents is 1. The number of aliphatic hydroxyl groups is 1. The molecule has 6 atom stereocenters. The van der Waals surface area contributed by atoms with Gasteiger partial charge in [-0.05, 0) is 70.8 Å². The number of nitrogens with one attached hydrogen (secondary N) is 1. The molecule has 0 aliphatic heterocycles. The fourth-order valence-electron chi connectivity index (χ4n) is 7.65. The number of benzene rings is 1. The Morgan fingerprint density at radius 1 is 1.32 bits per heavy atom. The maximum Gasteiger partial charge on any atom is 0.167 e. The summed E-state index contributed by atoms with van der Waals surface area (Å²) in [5, 5.41) is 28.9. The summed E-state index contributed by atoms with van der Waals surface area (Å²) < 4.78 is 16.6. The monoisotopic (exact) mass is 545 g/mol. The fourth-order valence-corrected chi connectivity index (χ4v) is 8.26. The molecule has 4 fully saturated rings. The van der Waals surface area contributed by atoms with E-state index in [-0.39, 0.29) is 22.6 Å². The minimum Gasteiger partial charge on any atom is -0.505 e. The molecule has 4 saturated carbocycles. The summed E-state index contributed by atoms with van der Waals surface area (Å²) in [6.45, 7) is 0. The van der Waals surface area contributed by atoms with Crippen molar-refractivity contribution in [3.8, 4) is 5.75 Å². The molecule has 0 amide bonds. The summed E-state index contributed by atoms with van der Waals surface area (Å²) in [6.07, 6.45) is 7.37. The fraction of sp³-hybridized carbons (Fsp3) is 0.417. The number of hydrogen-bond acceptors (Lipinski definition) is 5. The third kappa shape index (κ3) is 2.60. The number of nitrogens with two attached hydrogens (primary N) is 1. The van der Waals surface area contributed by atoms with Crippen molar-refractivity contribution in [2.75, 3.05) is 5.32 Å². The Morgan fingerprint density at radius 2 is 2.15 bits per heavy atom. The number of rotatable bonds is 4. The molecule has 1 aromatic carbocycles. The van der Waals surface area contributed by atoms with Crippen molar-refractivity contribution in [3.63, 3.8) is 0 Å². The van der Waals surface area contributed by atoms with Crippen LogP contribution in [-0.4, -0.2) is 37.3 Å². The molecule has 10 heteroatoms. The van der Waals surface area contributed by atoms with E-state index in [0.29, 0.717) is 28.7 Å². The zero-order chi connectivity index (χ0) is 23.6. The molecule has 2 aromatic heterocycles. The first-order chi connectivity index (χ1) is 16.2. The van der Waals surface area contributed by atoms with Crippen LogP contribution >= 0.6 is 27.5 Å². The maximum absolute atomic E-state index is 13.9. The second-order valence-electron chi connectivity index (χ2n) is 10.4. The van der Waals surface area contributed by atoms with Crippen LogP contribution in [0.4, 0.5) is 15.8 Å². The molecule has 34 heavy (non-hydrogen) atoms. The van der Waals surface area contributed by atoms with E-state index in [4.69, 9.17) is 17.3 Å². The number of aromatic nitrogens is 2. The van der Waals surface area contributed by atoms with Gasteiger partial charge >= 0.3 is 0 Å². The van der Waals surface area contributed by atoms with Crippen LogP contribution in [0.15, 0.2) is 40.1 Å². The molecule has 2 bridgehead atoms. The van der Waals surface area contributed by atoms with Crippen molar-refractivity contribution < 1.29 is 14.6 Å². The van der Waals surface area contributed by atoms with Crippen molar-refractivity contribution in [2.45, 2.75) is 37.3 Å². The molecule has 1 spiro atoms. The highest BCUT2D eigenvalue weighted by molar-refractivity contribution is 9.10. The van der Waals surface area contributed by atoms with Gasteiger partial charge in [0, 0.05) is 28.8 Å². The highest BCUT2D eigenvalue weighted by Gasteiger charge is 2.81. The van der Waals surface area contributed by atoms with Crippen LogP contribution in [0.2, 0.25) is 5.02 Å². The van der Waals surface area contributed by atoms with Crippen molar-refractivity contribution in [1.82, 2.24) is 9.61 Å². The summed E-state index contributed by atoms with van der Waals surface area (Å²) >= 11 is 9.69. The Hall–Kier alpha value is -2.36. The molecule has 7 rings (SSSR count). The second kappa shape index (κ2) is 6.65. The van der Waals surface area contributed by atoms with Crippen molar-refractivity contribution in [3.05, 3.63) is 51.5 Å². The van der Waals surface area contributed by atoms with Gasteiger partial charge in [-0.15, -0.1) is 0 Å². The molecular weight excluding hydrogens is 525 g/mol. The zero-order valence-corrected chi connectivity index (χ0v) is 20.3. The smallest absolute Gasteiger partial charge is 0.167 e. The average Bonchev–Trinajstić information content (AvgIpc) is 3.38. The van der Waals surface area contributed by atoms with Gasteiger partial charge in [-0.2, -0.15) is 5.10 Å². The number of amidine groups is 1. The minimum atomic E-state index is -0.827. The maximum atomic E-state index is 13.9. The normalized spacial score (nSPS) is 35.2. The highest BCUT2D eigenvalue weighted by atomic mass is 79.9. The topological polar surface area (TPSA) is 108 Å². The van der Waals surface area contributed by atoms with Crippen LogP contribution in [0.5, 0.6) is 5.75 Å². The third-order valence-electron chi connectivity index (χ3n) is 8.86. The average molecular weight is 547 g/mol. The number of anilines is 1. The van der Waals surface area contributed by atoms with E-state index in [1.807, 2.05) is 12.3 Å². The Balaban J connectivity index is 1.30. The van der Waals surface area contributed by atoms with Crippen LogP contribution in [0, 0.1) is 29.0 Å². The van der Waals surface area contributed by atoms with Crippen LogP contribution in [0.25, 0.3) is 5.52 Å². The van der Waals surface area contributed by atoms with Gasteiger partial charge in [0.05, 0.1) is 39.3 Å². The lowest BCUT2D eigenvalue weighted by Gasteiger charge is -2.70. The molecule has 3 aromatic rings. The number of fused-ring (bicyclic) bond motifs is 2. The Bertz CT molecular complexity index is 1430. The lowest BCUT2D eigenvalue weighted by atomic mass is 9.36. The number of nitrogens with zero attached hydrogens (tertiary/aromatic N) is 3. The number of aromatic hydroxyl groups is 1. The lowest BCUT2D eigenvalue weighted by molar-refractivity contribution is -0.190. The first kappa shape index (κ1) is 21.0. The Labute approximate surface area is 207 Å². The van der Waals surface area contributed by atoms with Crippen LogP contribution in [-0.2, 0) is 0 Å². The molecule has 7 nitrogen and oxygen atoms in total. The molecule has 5 N–H and O–H groups in total. The van der Waals surface area contributed by atoms with E-state index in [1.165, 1.54) is 0 Å². The van der Waals surface area contributed by atoms with Crippen molar-refractivity contribution in [1.29, 1.82) is 0 Å². The van der Waals surface area contributed by atoms with Gasteiger partial charge in [0.1, 0.15) is 5.84 Å². The molecule has 4 aliphatic carbocycles. The third-order valence-corrected chi connectivity index (χ3v) is 9.59. The molecule has 0 radical (unpaired) electrons. The molecule has 4 aliphatic rings. The van der Waals surface area contributed by atoms with E-state index < -0.39 is 17.2 Å². The molecule has 176 valence electrons. The zero-order valence-electron chi connectivity index (χ0n) is 18.0. The Kier molecular flexibility index (Phi) is 4.10. The largest absolute Gasteiger partial charge is 0.505 e. The van der Waals surface area contributed by atoms with Gasteiger partial charge < -0.3 is 21.3 Å². The molecule has 0 saturated heterocycles. The summed E-state index contributed by atoms with van der Waals surface area (Å²) in [6, 6.07) is 4.37. The summed E-state index contributed by atoms with van der Waals surface area (Å²) in [4.78, 5) is 4.37. The quantitative estimate of drug-likeness (QED) is 0.283. The predicted molar refractivity (Wildman–Crippen MR) is 130 cm³/mol. The van der Waals surface area contributed by atoms with Crippen molar-refractivity contribution in [2.24, 2.45) is 33.9 Å². The number of halogens is 3. The van der Waals surface area contributed by atoms with Gasteiger partial charge in [0.15, 0.2) is 11.6 Å². The van der Waals surface area contributed by atoms with E-state index in [2.05, 4.69) is 31.3 Å². The van der Waals surface area contributed by atoms with Gasteiger partial charge in [-0.25, -0.2) is 13.9 Å². The predicted octanol–water partition coefficient (Wildman–Crippen LogP) is 4.59. The lowest BCUT2D eigenvalue weighted by Crippen LogP contribution is -2.71. The van der Waals surface area contributed by atoms with Crippen molar-refractivity contribution >= 4 is 50.3 Å². The summed E-state index contributed by atoms with van der Waals surface area (Å²) in [7, 11) is 0. The number of hydrogen-bond donors (Lipinski definition) is 4. The van der Waals surface area contributed by atoms with E-state index >= 15 is 0 Å². The van der Waals surface area contributed by atoms with Gasteiger partial charge in [0.2, 0.25) is 0 Å². The molecule has 2 heterocycles. The van der Waals surface area contributed by atoms with E-state index in [1.54, 1.807) is 10.7 Å². The second-order valence-corrected chi connectivity index (χ2v) is 11.7.